The Kier molecular flexibility index (Phi) is 5.11. The predicted molar refractivity (Wildman–Crippen MR) is 97.2 cm³/mol. The van der Waals surface area contributed by atoms with Crippen LogP contribution in [0.4, 0.5) is 5.00 Å². The molecule has 2 aromatic rings. The van der Waals surface area contributed by atoms with Gasteiger partial charge in [0, 0.05) is 9.77 Å². The summed E-state index contributed by atoms with van der Waals surface area (Å²) in [6.45, 7) is 0. The average molecular weight is 362 g/mol. The first kappa shape index (κ1) is 16.9. The number of thioether (sulfide) groups is 1. The largest absolute Gasteiger partial charge is 0.497 e. The zero-order valence-corrected chi connectivity index (χ0v) is 14.9. The molecule has 3 N–H and O–H groups in total. The van der Waals surface area contributed by atoms with Gasteiger partial charge < -0.3 is 15.8 Å². The van der Waals surface area contributed by atoms with Crippen molar-refractivity contribution in [2.75, 3.05) is 18.2 Å². The number of hydrogen-bond acceptors (Lipinski definition) is 5. The van der Waals surface area contributed by atoms with E-state index in [2.05, 4.69) is 5.32 Å². The molecule has 0 radical (unpaired) electrons. The molecule has 0 spiro atoms. The Morgan fingerprint density at radius 3 is 2.71 bits per heavy atom. The van der Waals surface area contributed by atoms with Crippen LogP contribution in [0.15, 0.2) is 29.2 Å². The van der Waals surface area contributed by atoms with E-state index in [4.69, 9.17) is 10.5 Å². The molecule has 0 saturated heterocycles. The molecule has 1 aromatic heterocycles. The second-order valence-corrected chi connectivity index (χ2v) is 7.59. The van der Waals surface area contributed by atoms with Crippen LogP contribution in [0.3, 0.4) is 0 Å². The third-order valence-corrected chi connectivity index (χ3v) is 6.07. The lowest BCUT2D eigenvalue weighted by molar-refractivity contribution is -0.113. The summed E-state index contributed by atoms with van der Waals surface area (Å²) in [5.41, 5.74) is 7.01. The SMILES string of the molecule is COc1ccc(SCC(=O)Nc2sc3c(c2C(N)=O)CCC3)cc1. The third-order valence-electron chi connectivity index (χ3n) is 3.85. The van der Waals surface area contributed by atoms with Crippen LogP contribution < -0.4 is 15.8 Å². The zero-order chi connectivity index (χ0) is 17.1. The summed E-state index contributed by atoms with van der Waals surface area (Å²) >= 11 is 2.91. The highest BCUT2D eigenvalue weighted by molar-refractivity contribution is 8.00. The van der Waals surface area contributed by atoms with Gasteiger partial charge in [0.1, 0.15) is 10.8 Å². The molecule has 1 aliphatic carbocycles. The number of nitrogens with two attached hydrogens (primary N) is 1. The van der Waals surface area contributed by atoms with Gasteiger partial charge in [0.15, 0.2) is 0 Å². The van der Waals surface area contributed by atoms with Gasteiger partial charge in [0.05, 0.1) is 18.4 Å². The maximum Gasteiger partial charge on any atom is 0.251 e. The maximum absolute atomic E-state index is 12.2. The fourth-order valence-electron chi connectivity index (χ4n) is 2.74. The van der Waals surface area contributed by atoms with E-state index in [1.807, 2.05) is 24.3 Å². The van der Waals surface area contributed by atoms with Gasteiger partial charge in [0.25, 0.3) is 5.91 Å². The Morgan fingerprint density at radius 1 is 1.29 bits per heavy atom. The molecule has 5 nitrogen and oxygen atoms in total. The average Bonchev–Trinajstić information content (AvgIpc) is 3.13. The van der Waals surface area contributed by atoms with Crippen molar-refractivity contribution in [1.82, 2.24) is 0 Å². The highest BCUT2D eigenvalue weighted by atomic mass is 32.2. The monoisotopic (exact) mass is 362 g/mol. The number of methoxy groups -OCH3 is 1. The normalized spacial score (nSPS) is 12.7. The van der Waals surface area contributed by atoms with Crippen molar-refractivity contribution in [3.05, 3.63) is 40.3 Å². The number of amides is 2. The summed E-state index contributed by atoms with van der Waals surface area (Å²) in [5, 5.41) is 3.44. The van der Waals surface area contributed by atoms with E-state index < -0.39 is 5.91 Å². The Balaban J connectivity index is 1.64. The Hall–Kier alpha value is -1.99. The summed E-state index contributed by atoms with van der Waals surface area (Å²) in [5.74, 6) is 0.446. The molecule has 0 saturated carbocycles. The van der Waals surface area contributed by atoms with Gasteiger partial charge in [0.2, 0.25) is 5.91 Å². The first-order valence-corrected chi connectivity index (χ1v) is 9.39. The minimum atomic E-state index is -0.465. The van der Waals surface area contributed by atoms with E-state index in [0.29, 0.717) is 10.6 Å². The van der Waals surface area contributed by atoms with Crippen LogP contribution in [-0.4, -0.2) is 24.7 Å². The number of fused-ring (bicyclic) bond motifs is 1. The van der Waals surface area contributed by atoms with Crippen molar-refractivity contribution >= 4 is 39.9 Å². The first-order valence-electron chi connectivity index (χ1n) is 7.59. The molecule has 0 bridgehead atoms. The van der Waals surface area contributed by atoms with Crippen molar-refractivity contribution in [1.29, 1.82) is 0 Å². The van der Waals surface area contributed by atoms with Crippen LogP contribution in [0.2, 0.25) is 0 Å². The fourth-order valence-corrected chi connectivity index (χ4v) is 4.75. The van der Waals surface area contributed by atoms with E-state index >= 15 is 0 Å². The smallest absolute Gasteiger partial charge is 0.251 e. The number of carbonyl (C=O) groups excluding carboxylic acids is 2. The van der Waals surface area contributed by atoms with E-state index in [1.54, 1.807) is 7.11 Å². The molecule has 1 heterocycles. The number of hydrogen-bond donors (Lipinski definition) is 2. The number of nitrogens with one attached hydrogen (secondary N) is 1. The highest BCUT2D eigenvalue weighted by Gasteiger charge is 2.26. The lowest BCUT2D eigenvalue weighted by Crippen LogP contribution is -2.18. The van der Waals surface area contributed by atoms with Gasteiger partial charge in [-0.1, -0.05) is 0 Å². The fraction of sp³-hybridized carbons (Fsp3) is 0.294. The Bertz CT molecular complexity index is 769. The lowest BCUT2D eigenvalue weighted by atomic mass is 10.1. The second kappa shape index (κ2) is 7.27. The molecule has 0 fully saturated rings. The minimum Gasteiger partial charge on any atom is -0.497 e. The zero-order valence-electron chi connectivity index (χ0n) is 13.3. The highest BCUT2D eigenvalue weighted by Crippen LogP contribution is 2.38. The van der Waals surface area contributed by atoms with E-state index in [-0.39, 0.29) is 11.7 Å². The van der Waals surface area contributed by atoms with Gasteiger partial charge in [-0.05, 0) is 49.1 Å². The number of ether oxygens (including phenoxy) is 1. The molecule has 7 heteroatoms. The number of aryl methyl sites for hydroxylation is 1. The number of thiophene rings is 1. The van der Waals surface area contributed by atoms with Crippen molar-refractivity contribution < 1.29 is 14.3 Å². The first-order chi connectivity index (χ1) is 11.6. The predicted octanol–water partition coefficient (Wildman–Crippen LogP) is 3.08. The number of carbonyl (C=O) groups is 2. The van der Waals surface area contributed by atoms with Crippen LogP contribution in [0.1, 0.15) is 27.2 Å². The van der Waals surface area contributed by atoms with Gasteiger partial charge in [-0.15, -0.1) is 23.1 Å². The van der Waals surface area contributed by atoms with Crippen LogP contribution in [-0.2, 0) is 17.6 Å². The summed E-state index contributed by atoms with van der Waals surface area (Å²) in [7, 11) is 1.62. The molecule has 2 amide bonds. The summed E-state index contributed by atoms with van der Waals surface area (Å²) in [4.78, 5) is 26.1. The topological polar surface area (TPSA) is 81.4 Å². The van der Waals surface area contributed by atoms with Crippen molar-refractivity contribution in [3.8, 4) is 5.75 Å². The molecule has 3 rings (SSSR count). The number of primary amides is 1. The quantitative estimate of drug-likeness (QED) is 0.774. The standard InChI is InChI=1S/C17H18N2O3S2/c1-22-10-5-7-11(8-6-10)23-9-14(20)19-17-15(16(18)21)12-3-2-4-13(12)24-17/h5-8H,2-4,9H2,1H3,(H2,18,21)(H,19,20). The molecule has 0 atom stereocenters. The summed E-state index contributed by atoms with van der Waals surface area (Å²) < 4.78 is 5.11. The molecule has 0 unspecified atom stereocenters. The van der Waals surface area contributed by atoms with E-state index in [0.717, 1.165) is 35.5 Å². The third kappa shape index (κ3) is 3.57. The Morgan fingerprint density at radius 2 is 2.04 bits per heavy atom. The van der Waals surface area contributed by atoms with E-state index in [9.17, 15) is 9.59 Å². The summed E-state index contributed by atoms with van der Waals surface area (Å²) in [6, 6.07) is 7.53. The van der Waals surface area contributed by atoms with Gasteiger partial charge in [-0.3, -0.25) is 9.59 Å². The minimum absolute atomic E-state index is 0.141. The summed E-state index contributed by atoms with van der Waals surface area (Å²) in [6.07, 6.45) is 2.86. The molecular weight excluding hydrogens is 344 g/mol. The molecule has 24 heavy (non-hydrogen) atoms. The Labute approximate surface area is 148 Å². The molecule has 0 aliphatic heterocycles. The van der Waals surface area contributed by atoms with Gasteiger partial charge in [-0.2, -0.15) is 0 Å². The van der Waals surface area contributed by atoms with Crippen LogP contribution in [0.25, 0.3) is 0 Å². The van der Waals surface area contributed by atoms with Crippen LogP contribution in [0.5, 0.6) is 5.75 Å². The van der Waals surface area contributed by atoms with Gasteiger partial charge in [-0.25, -0.2) is 0 Å². The lowest BCUT2D eigenvalue weighted by Gasteiger charge is -2.06. The number of anilines is 1. The second-order valence-electron chi connectivity index (χ2n) is 5.44. The van der Waals surface area contributed by atoms with Gasteiger partial charge >= 0.3 is 0 Å². The molecule has 1 aliphatic rings. The van der Waals surface area contributed by atoms with Crippen molar-refractivity contribution in [2.24, 2.45) is 5.73 Å². The van der Waals surface area contributed by atoms with Crippen molar-refractivity contribution in [3.63, 3.8) is 0 Å². The molecule has 126 valence electrons. The van der Waals surface area contributed by atoms with Crippen LogP contribution >= 0.6 is 23.1 Å². The van der Waals surface area contributed by atoms with E-state index in [1.165, 1.54) is 28.0 Å². The maximum atomic E-state index is 12.2. The number of benzene rings is 1. The molecular formula is C17H18N2O3S2. The van der Waals surface area contributed by atoms with Crippen LogP contribution in [0, 0.1) is 0 Å². The molecule has 1 aromatic carbocycles. The number of rotatable bonds is 6. The van der Waals surface area contributed by atoms with Crippen molar-refractivity contribution in [2.45, 2.75) is 24.2 Å².